The number of carboxylic acid groups (broad SMARTS) is 2. The van der Waals surface area contributed by atoms with Crippen molar-refractivity contribution in [1.82, 2.24) is 14.2 Å². The van der Waals surface area contributed by atoms with Gasteiger partial charge < -0.3 is 14.9 Å². The average molecular weight is 580 g/mol. The molecule has 38 heavy (non-hydrogen) atoms. The van der Waals surface area contributed by atoms with E-state index in [-0.39, 0.29) is 23.3 Å². The molecule has 1 aromatic heterocycles. The van der Waals surface area contributed by atoms with Gasteiger partial charge in [-0.3, -0.25) is 9.88 Å². The molecule has 2 aliphatic heterocycles. The summed E-state index contributed by atoms with van der Waals surface area (Å²) in [5.41, 5.74) is 1.17. The minimum atomic E-state index is -5.08. The van der Waals surface area contributed by atoms with Crippen molar-refractivity contribution in [3.63, 3.8) is 0 Å². The molecular weight excluding hydrogens is 552 g/mol. The zero-order valence-corrected chi connectivity index (χ0v) is 20.8. The van der Waals surface area contributed by atoms with E-state index < -0.39 is 34.3 Å². The van der Waals surface area contributed by atoms with Crippen molar-refractivity contribution in [2.75, 3.05) is 26.7 Å². The maximum absolute atomic E-state index is 12.8. The Morgan fingerprint density at radius 2 is 1.61 bits per heavy atom. The van der Waals surface area contributed by atoms with Crippen molar-refractivity contribution < 1.29 is 59.3 Å². The van der Waals surface area contributed by atoms with E-state index in [0.717, 1.165) is 38.9 Å². The van der Waals surface area contributed by atoms with Crippen molar-refractivity contribution in [2.45, 2.75) is 55.6 Å². The number of alkyl halides is 6. The molecule has 3 atom stereocenters. The molecule has 3 aliphatic rings. The van der Waals surface area contributed by atoms with E-state index in [1.54, 1.807) is 17.6 Å². The molecule has 10 nitrogen and oxygen atoms in total. The molecular formula is C21H27F6N3O7S. The maximum Gasteiger partial charge on any atom is 0.490 e. The molecule has 2 N–H and O–H groups in total. The number of hydrogen-bond donors (Lipinski definition) is 2. The third-order valence-electron chi connectivity index (χ3n) is 6.08. The van der Waals surface area contributed by atoms with Crippen molar-refractivity contribution in [2.24, 2.45) is 5.92 Å². The highest BCUT2D eigenvalue weighted by atomic mass is 32.2. The summed E-state index contributed by atoms with van der Waals surface area (Å²) in [6, 6.07) is 4.06. The van der Waals surface area contributed by atoms with Crippen LogP contribution in [0.25, 0.3) is 0 Å². The van der Waals surface area contributed by atoms with Crippen molar-refractivity contribution >= 4 is 22.0 Å². The molecule has 0 radical (unpaired) electrons. The van der Waals surface area contributed by atoms with Crippen molar-refractivity contribution in [3.8, 4) is 0 Å². The van der Waals surface area contributed by atoms with E-state index in [9.17, 15) is 34.8 Å². The van der Waals surface area contributed by atoms with Gasteiger partial charge in [0, 0.05) is 57.6 Å². The number of sulfonamides is 1. The Bertz CT molecular complexity index is 1030. The third kappa shape index (κ3) is 8.78. The minimum Gasteiger partial charge on any atom is -0.475 e. The predicted octanol–water partition coefficient (Wildman–Crippen LogP) is 2.36. The van der Waals surface area contributed by atoms with E-state index in [1.807, 2.05) is 12.3 Å². The van der Waals surface area contributed by atoms with Crippen LogP contribution in [0.5, 0.6) is 0 Å². The Morgan fingerprint density at radius 3 is 2.03 bits per heavy atom. The lowest BCUT2D eigenvalue weighted by molar-refractivity contribution is -0.193. The van der Waals surface area contributed by atoms with Gasteiger partial charge in [0.05, 0.1) is 11.4 Å². The molecule has 1 aromatic rings. The number of likely N-dealkylation sites (tertiary alicyclic amines) is 1. The number of pyridine rings is 1. The van der Waals surface area contributed by atoms with Crippen LogP contribution in [0.3, 0.4) is 0 Å². The first-order valence-corrected chi connectivity index (χ1v) is 12.7. The van der Waals surface area contributed by atoms with Crippen molar-refractivity contribution in [1.29, 1.82) is 0 Å². The number of nitrogens with zero attached hydrogens (tertiary/aromatic N) is 3. The number of hydrogen-bond acceptors (Lipinski definition) is 7. The molecule has 17 heteroatoms. The first-order valence-electron chi connectivity index (χ1n) is 11.2. The highest BCUT2D eigenvalue weighted by Gasteiger charge is 2.51. The molecule has 0 unspecified atom stereocenters. The van der Waals surface area contributed by atoms with Gasteiger partial charge in [-0.05, 0) is 30.9 Å². The van der Waals surface area contributed by atoms with Crippen LogP contribution in [-0.2, 0) is 30.9 Å². The lowest BCUT2D eigenvalue weighted by atomic mass is 9.91. The number of aromatic nitrogens is 1. The molecule has 4 rings (SSSR count). The molecule has 0 aromatic carbocycles. The van der Waals surface area contributed by atoms with Gasteiger partial charge in [-0.15, -0.1) is 0 Å². The fourth-order valence-corrected chi connectivity index (χ4v) is 6.32. The highest BCUT2D eigenvalue weighted by molar-refractivity contribution is 7.90. The standard InChI is InChI=1S/C17H25N3O3S.2C2HF3O2/c1-23-17-6-8-20(24(21,22)14-4-5-14)16-12-19(11-15(16)17)10-13-3-2-7-18-9-13;2*3-2(4,5)1(6)7/h2-3,7,9,14-17H,4-6,8,10-12H2,1H3;2*(H,6,7)/t15-,16+,17-;;/m0../s1. The summed E-state index contributed by atoms with van der Waals surface area (Å²) in [4.78, 5) is 24.3. The van der Waals surface area contributed by atoms with Gasteiger partial charge in [0.15, 0.2) is 0 Å². The van der Waals surface area contributed by atoms with E-state index in [0.29, 0.717) is 6.54 Å². The minimum absolute atomic E-state index is 0.0472. The number of aliphatic carboxylic acids is 2. The quantitative estimate of drug-likeness (QED) is 0.504. The normalized spacial score (nSPS) is 24.3. The Kier molecular flexibility index (Phi) is 10.5. The maximum atomic E-state index is 12.8. The second-order valence-electron chi connectivity index (χ2n) is 8.81. The Hall–Kier alpha value is -2.50. The predicted molar refractivity (Wildman–Crippen MR) is 118 cm³/mol. The summed E-state index contributed by atoms with van der Waals surface area (Å²) in [6.45, 7) is 3.08. The molecule has 3 fully saturated rings. The van der Waals surface area contributed by atoms with Crippen LogP contribution in [0.1, 0.15) is 24.8 Å². The number of piperidine rings is 1. The van der Waals surface area contributed by atoms with Crippen LogP contribution in [0, 0.1) is 5.92 Å². The second-order valence-corrected chi connectivity index (χ2v) is 11.0. The molecule has 3 heterocycles. The molecule has 1 aliphatic carbocycles. The number of carboxylic acids is 2. The van der Waals surface area contributed by atoms with Crippen LogP contribution < -0.4 is 0 Å². The fourth-order valence-electron chi connectivity index (χ4n) is 4.24. The second kappa shape index (κ2) is 12.6. The first kappa shape index (κ1) is 31.7. The van der Waals surface area contributed by atoms with Gasteiger partial charge in [0.2, 0.25) is 10.0 Å². The Labute approximate surface area is 214 Å². The highest BCUT2D eigenvalue weighted by Crippen LogP contribution is 2.39. The molecule has 0 spiro atoms. The smallest absolute Gasteiger partial charge is 0.475 e. The molecule has 0 amide bonds. The third-order valence-corrected chi connectivity index (χ3v) is 8.50. The zero-order valence-electron chi connectivity index (χ0n) is 20.0. The van der Waals surface area contributed by atoms with E-state index >= 15 is 0 Å². The van der Waals surface area contributed by atoms with Gasteiger partial charge in [-0.1, -0.05) is 6.07 Å². The molecule has 2 saturated heterocycles. The summed E-state index contributed by atoms with van der Waals surface area (Å²) < 4.78 is 96.6. The topological polar surface area (TPSA) is 137 Å². The number of ether oxygens (including phenoxy) is 1. The van der Waals surface area contributed by atoms with E-state index in [1.165, 1.54) is 5.56 Å². The number of fused-ring (bicyclic) bond motifs is 1. The number of methoxy groups -OCH3 is 1. The summed E-state index contributed by atoms with van der Waals surface area (Å²) in [5.74, 6) is -5.26. The number of rotatable bonds is 5. The summed E-state index contributed by atoms with van der Waals surface area (Å²) in [6.07, 6.45) is -3.91. The monoisotopic (exact) mass is 579 g/mol. The van der Waals surface area contributed by atoms with Gasteiger partial charge in [0.1, 0.15) is 0 Å². The van der Waals surface area contributed by atoms with Crippen molar-refractivity contribution in [3.05, 3.63) is 30.1 Å². The largest absolute Gasteiger partial charge is 0.490 e. The number of halogens is 6. The lowest BCUT2D eigenvalue weighted by Gasteiger charge is -2.40. The SMILES string of the molecule is CO[C@H]1CCN(S(=O)(=O)C2CC2)[C@@H]2CN(Cc3cccnc3)C[C@H]12.O=C(O)C(F)(F)F.O=C(O)C(F)(F)F. The van der Waals surface area contributed by atoms with Crippen LogP contribution in [0.15, 0.2) is 24.5 Å². The van der Waals surface area contributed by atoms with Gasteiger partial charge in [-0.2, -0.15) is 30.6 Å². The zero-order chi connectivity index (χ0) is 28.9. The summed E-state index contributed by atoms with van der Waals surface area (Å²) in [7, 11) is -1.39. The molecule has 1 saturated carbocycles. The van der Waals surface area contributed by atoms with Crippen LogP contribution in [-0.4, -0.2) is 101 Å². The van der Waals surface area contributed by atoms with Crippen LogP contribution >= 0.6 is 0 Å². The Balaban J connectivity index is 0.000000301. The summed E-state index contributed by atoms with van der Waals surface area (Å²) in [5, 5.41) is 14.1. The molecule has 0 bridgehead atoms. The van der Waals surface area contributed by atoms with Crippen LogP contribution in [0.2, 0.25) is 0 Å². The van der Waals surface area contributed by atoms with E-state index in [2.05, 4.69) is 16.0 Å². The number of carbonyl (C=O) groups is 2. The average Bonchev–Trinajstić information content (AvgIpc) is 3.59. The van der Waals surface area contributed by atoms with Gasteiger partial charge >= 0.3 is 24.3 Å². The fraction of sp³-hybridized carbons (Fsp3) is 0.667. The lowest BCUT2D eigenvalue weighted by Crippen LogP contribution is -2.54. The molecule has 216 valence electrons. The first-order chi connectivity index (χ1) is 17.5. The van der Waals surface area contributed by atoms with Crippen LogP contribution in [0.4, 0.5) is 26.3 Å². The summed E-state index contributed by atoms with van der Waals surface area (Å²) >= 11 is 0. The van der Waals surface area contributed by atoms with Gasteiger partial charge in [0.25, 0.3) is 0 Å². The van der Waals surface area contributed by atoms with Gasteiger partial charge in [-0.25, -0.2) is 18.0 Å². The van der Waals surface area contributed by atoms with E-state index in [4.69, 9.17) is 24.5 Å². The Morgan fingerprint density at radius 1 is 1.05 bits per heavy atom.